The van der Waals surface area contributed by atoms with E-state index >= 15 is 0 Å². The lowest BCUT2D eigenvalue weighted by Gasteiger charge is -2.32. The minimum Gasteiger partial charge on any atom is -0.371 e. The maximum Gasteiger partial charge on any atom is 0.171 e. The molecule has 2 aromatic rings. The van der Waals surface area contributed by atoms with E-state index in [4.69, 9.17) is 12.2 Å². The molecule has 1 fully saturated rings. The van der Waals surface area contributed by atoms with E-state index < -0.39 is 0 Å². The van der Waals surface area contributed by atoms with Gasteiger partial charge in [-0.25, -0.2) is 0 Å². The van der Waals surface area contributed by atoms with Crippen LogP contribution in [-0.4, -0.2) is 18.2 Å². The number of nitrogens with zero attached hydrogens (tertiary/aromatic N) is 1. The fourth-order valence-corrected chi connectivity index (χ4v) is 3.43. The van der Waals surface area contributed by atoms with Gasteiger partial charge in [-0.15, -0.1) is 0 Å². The van der Waals surface area contributed by atoms with Crippen LogP contribution in [0.4, 0.5) is 11.4 Å². The number of hydrogen-bond acceptors (Lipinski definition) is 2. The monoisotopic (exact) mass is 353 g/mol. The summed E-state index contributed by atoms with van der Waals surface area (Å²) in [6.45, 7) is 7.49. The second kappa shape index (κ2) is 8.34. The molecule has 1 aliphatic heterocycles. The van der Waals surface area contributed by atoms with Gasteiger partial charge in [0.05, 0.1) is 0 Å². The average molecular weight is 354 g/mol. The summed E-state index contributed by atoms with van der Waals surface area (Å²) < 4.78 is 0. The fraction of sp³-hybridized carbons (Fsp3) is 0.381. The Hall–Kier alpha value is -2.07. The first-order valence-electron chi connectivity index (χ1n) is 9.05. The first-order chi connectivity index (χ1) is 12.1. The van der Waals surface area contributed by atoms with Crippen molar-refractivity contribution in [3.8, 4) is 0 Å². The van der Waals surface area contributed by atoms with Crippen LogP contribution in [0, 0.1) is 12.8 Å². The Morgan fingerprint density at radius 2 is 1.84 bits per heavy atom. The summed E-state index contributed by atoms with van der Waals surface area (Å²) in [6.07, 6.45) is 2.65. The number of hydrogen-bond donors (Lipinski definition) is 2. The van der Waals surface area contributed by atoms with E-state index in [1.165, 1.54) is 42.7 Å². The third-order valence-electron chi connectivity index (χ3n) is 4.72. The first kappa shape index (κ1) is 17.7. The minimum absolute atomic E-state index is 0.651. The lowest BCUT2D eigenvalue weighted by molar-refractivity contribution is 0.447. The second-order valence-corrected chi connectivity index (χ2v) is 7.44. The predicted molar refractivity (Wildman–Crippen MR) is 111 cm³/mol. The summed E-state index contributed by atoms with van der Waals surface area (Å²) in [5.41, 5.74) is 4.82. The standard InChI is InChI=1S/C21H27N3S/c1-16-5-9-19(10-6-16)23-21(25)22-14-18-7-11-20(12-8-18)24-13-3-4-17(2)15-24/h5-12,17H,3-4,13-15H2,1-2H3,(H2,22,23,25)/t17-/m1/s1. The van der Waals surface area contributed by atoms with Crippen LogP contribution >= 0.6 is 12.2 Å². The van der Waals surface area contributed by atoms with Crippen LogP contribution in [0.25, 0.3) is 0 Å². The van der Waals surface area contributed by atoms with Gasteiger partial charge in [-0.05, 0) is 67.7 Å². The van der Waals surface area contributed by atoms with E-state index in [9.17, 15) is 0 Å². The van der Waals surface area contributed by atoms with Crippen molar-refractivity contribution in [2.24, 2.45) is 5.92 Å². The quantitative estimate of drug-likeness (QED) is 0.778. The third kappa shape index (κ3) is 5.20. The Balaban J connectivity index is 1.49. The number of anilines is 2. The number of aryl methyl sites for hydroxylation is 1. The molecule has 0 amide bonds. The van der Waals surface area contributed by atoms with Gasteiger partial charge in [0.15, 0.2) is 5.11 Å². The van der Waals surface area contributed by atoms with E-state index in [1.807, 2.05) is 12.1 Å². The van der Waals surface area contributed by atoms with Crippen LogP contribution in [0.1, 0.15) is 30.9 Å². The highest BCUT2D eigenvalue weighted by molar-refractivity contribution is 7.80. The molecule has 3 rings (SSSR count). The fourth-order valence-electron chi connectivity index (χ4n) is 3.24. The molecule has 1 heterocycles. The Morgan fingerprint density at radius 1 is 1.12 bits per heavy atom. The van der Waals surface area contributed by atoms with Gasteiger partial charge in [-0.2, -0.15) is 0 Å². The molecule has 0 spiro atoms. The molecule has 2 N–H and O–H groups in total. The van der Waals surface area contributed by atoms with E-state index in [1.54, 1.807) is 0 Å². The van der Waals surface area contributed by atoms with Crippen molar-refractivity contribution < 1.29 is 0 Å². The molecule has 0 radical (unpaired) electrons. The van der Waals surface area contributed by atoms with Gasteiger partial charge >= 0.3 is 0 Å². The van der Waals surface area contributed by atoms with Crippen molar-refractivity contribution in [3.05, 3.63) is 59.7 Å². The van der Waals surface area contributed by atoms with Crippen molar-refractivity contribution >= 4 is 28.7 Å². The molecule has 3 nitrogen and oxygen atoms in total. The average Bonchev–Trinajstić information content (AvgIpc) is 2.62. The van der Waals surface area contributed by atoms with E-state index in [0.29, 0.717) is 5.11 Å². The molecule has 4 heteroatoms. The van der Waals surface area contributed by atoms with Crippen molar-refractivity contribution in [2.75, 3.05) is 23.3 Å². The van der Waals surface area contributed by atoms with Crippen molar-refractivity contribution in [2.45, 2.75) is 33.2 Å². The van der Waals surface area contributed by atoms with Gasteiger partial charge in [-0.3, -0.25) is 0 Å². The van der Waals surface area contributed by atoms with Crippen molar-refractivity contribution in [1.82, 2.24) is 5.32 Å². The molecule has 132 valence electrons. The molecule has 0 saturated carbocycles. The third-order valence-corrected chi connectivity index (χ3v) is 4.97. The van der Waals surface area contributed by atoms with Crippen LogP contribution in [0.2, 0.25) is 0 Å². The summed E-state index contributed by atoms with van der Waals surface area (Å²) >= 11 is 5.38. The minimum atomic E-state index is 0.651. The Bertz CT molecular complexity index is 694. The summed E-state index contributed by atoms with van der Waals surface area (Å²) in [7, 11) is 0. The Kier molecular flexibility index (Phi) is 5.92. The highest BCUT2D eigenvalue weighted by Crippen LogP contribution is 2.23. The highest BCUT2D eigenvalue weighted by atomic mass is 32.1. The van der Waals surface area contributed by atoms with Crippen molar-refractivity contribution in [3.63, 3.8) is 0 Å². The summed E-state index contributed by atoms with van der Waals surface area (Å²) in [6, 6.07) is 17.1. The summed E-state index contributed by atoms with van der Waals surface area (Å²) in [5.74, 6) is 0.792. The number of nitrogens with one attached hydrogen (secondary N) is 2. The Labute approximate surface area is 156 Å². The summed E-state index contributed by atoms with van der Waals surface area (Å²) in [5, 5.41) is 7.14. The summed E-state index contributed by atoms with van der Waals surface area (Å²) in [4.78, 5) is 2.49. The van der Waals surface area contributed by atoms with Crippen LogP contribution < -0.4 is 15.5 Å². The highest BCUT2D eigenvalue weighted by Gasteiger charge is 2.16. The van der Waals surface area contributed by atoms with Crippen molar-refractivity contribution in [1.29, 1.82) is 0 Å². The Morgan fingerprint density at radius 3 is 2.52 bits per heavy atom. The van der Waals surface area contributed by atoms with Crippen LogP contribution in [-0.2, 0) is 6.54 Å². The molecular weight excluding hydrogens is 326 g/mol. The molecule has 1 atom stereocenters. The number of piperidine rings is 1. The van der Waals surface area contributed by atoms with E-state index in [-0.39, 0.29) is 0 Å². The van der Waals surface area contributed by atoms with E-state index in [0.717, 1.165) is 18.2 Å². The zero-order valence-corrected chi connectivity index (χ0v) is 15.9. The maximum absolute atomic E-state index is 5.38. The van der Waals surface area contributed by atoms with Gasteiger partial charge < -0.3 is 15.5 Å². The molecule has 0 unspecified atom stereocenters. The molecule has 25 heavy (non-hydrogen) atoms. The molecule has 0 aliphatic carbocycles. The number of thiocarbonyl (C=S) groups is 1. The maximum atomic E-state index is 5.38. The largest absolute Gasteiger partial charge is 0.371 e. The lowest BCUT2D eigenvalue weighted by atomic mass is 9.99. The zero-order chi connectivity index (χ0) is 17.6. The molecule has 0 aromatic heterocycles. The normalized spacial score (nSPS) is 17.2. The van der Waals surface area contributed by atoms with Crippen LogP contribution in [0.3, 0.4) is 0 Å². The van der Waals surface area contributed by atoms with Gasteiger partial charge in [0.2, 0.25) is 0 Å². The van der Waals surface area contributed by atoms with Crippen LogP contribution in [0.15, 0.2) is 48.5 Å². The molecule has 0 bridgehead atoms. The molecular formula is C21H27N3S. The SMILES string of the molecule is Cc1ccc(NC(=S)NCc2ccc(N3CCC[C@@H](C)C3)cc2)cc1. The van der Waals surface area contributed by atoms with E-state index in [2.05, 4.69) is 65.8 Å². The van der Waals surface area contributed by atoms with Gasteiger partial charge in [0, 0.05) is 31.0 Å². The zero-order valence-electron chi connectivity index (χ0n) is 15.1. The predicted octanol–water partition coefficient (Wildman–Crippen LogP) is 4.72. The van der Waals surface area contributed by atoms with Gasteiger partial charge in [0.25, 0.3) is 0 Å². The number of benzene rings is 2. The van der Waals surface area contributed by atoms with Gasteiger partial charge in [0.1, 0.15) is 0 Å². The molecule has 1 aliphatic rings. The van der Waals surface area contributed by atoms with Gasteiger partial charge in [-0.1, -0.05) is 36.8 Å². The molecule has 2 aromatic carbocycles. The first-order valence-corrected chi connectivity index (χ1v) is 9.46. The lowest BCUT2D eigenvalue weighted by Crippen LogP contribution is -2.34. The number of rotatable bonds is 4. The smallest absolute Gasteiger partial charge is 0.171 e. The van der Waals surface area contributed by atoms with Crippen LogP contribution in [0.5, 0.6) is 0 Å². The topological polar surface area (TPSA) is 27.3 Å². The second-order valence-electron chi connectivity index (χ2n) is 7.03. The molecule has 1 saturated heterocycles.